The molecule has 0 bridgehead atoms. The van der Waals surface area contributed by atoms with Gasteiger partial charge in [-0.25, -0.2) is 0 Å². The molecule has 0 spiro atoms. The summed E-state index contributed by atoms with van der Waals surface area (Å²) in [5.74, 6) is 1.53. The van der Waals surface area contributed by atoms with Crippen LogP contribution in [0.1, 0.15) is 42.1 Å². The van der Waals surface area contributed by atoms with E-state index in [-0.39, 0.29) is 11.8 Å². The normalized spacial score (nSPS) is 25.5. The van der Waals surface area contributed by atoms with Gasteiger partial charge in [-0.3, -0.25) is 9.59 Å². The summed E-state index contributed by atoms with van der Waals surface area (Å²) in [7, 11) is 0. The predicted octanol–water partition coefficient (Wildman–Crippen LogP) is 2.85. The maximum atomic E-state index is 12.6. The molecular formula is C20H24N2O2. The second-order valence-corrected chi connectivity index (χ2v) is 7.44. The smallest absolute Gasteiger partial charge is 0.254 e. The Bertz CT molecular complexity index is 709. The van der Waals surface area contributed by atoms with E-state index in [2.05, 4.69) is 13.0 Å². The van der Waals surface area contributed by atoms with Crippen molar-refractivity contribution >= 4 is 11.8 Å². The Balaban J connectivity index is 1.32. The zero-order chi connectivity index (χ0) is 16.7. The van der Waals surface area contributed by atoms with Crippen molar-refractivity contribution in [1.82, 2.24) is 9.80 Å². The Kier molecular flexibility index (Phi) is 3.91. The largest absolute Gasteiger partial charge is 0.342 e. The number of fused-ring (bicyclic) bond motifs is 2. The molecule has 0 aromatic heterocycles. The van der Waals surface area contributed by atoms with Gasteiger partial charge < -0.3 is 9.80 Å². The fourth-order valence-electron chi connectivity index (χ4n) is 4.37. The molecule has 0 unspecified atom stereocenters. The highest BCUT2D eigenvalue weighted by Gasteiger charge is 2.36. The minimum atomic E-state index is 0.0633. The van der Waals surface area contributed by atoms with E-state index in [0.29, 0.717) is 31.3 Å². The van der Waals surface area contributed by atoms with Crippen molar-refractivity contribution in [2.45, 2.75) is 32.7 Å². The molecule has 1 saturated heterocycles. The first-order valence-corrected chi connectivity index (χ1v) is 8.92. The van der Waals surface area contributed by atoms with Gasteiger partial charge in [0, 0.05) is 38.2 Å². The average molecular weight is 324 g/mol. The number of carbonyl (C=O) groups is 2. The van der Waals surface area contributed by atoms with Crippen LogP contribution in [0.2, 0.25) is 0 Å². The number of likely N-dealkylation sites (tertiary alicyclic amines) is 1. The molecule has 0 saturated carbocycles. The van der Waals surface area contributed by atoms with E-state index in [4.69, 9.17) is 0 Å². The number of amides is 2. The summed E-state index contributed by atoms with van der Waals surface area (Å²) in [6, 6.07) is 7.73. The lowest BCUT2D eigenvalue weighted by Crippen LogP contribution is -2.33. The van der Waals surface area contributed by atoms with E-state index < -0.39 is 0 Å². The van der Waals surface area contributed by atoms with Crippen molar-refractivity contribution in [3.8, 4) is 0 Å². The lowest BCUT2D eigenvalue weighted by molar-refractivity contribution is -0.130. The summed E-state index contributed by atoms with van der Waals surface area (Å²) >= 11 is 0. The summed E-state index contributed by atoms with van der Waals surface area (Å²) in [4.78, 5) is 28.8. The summed E-state index contributed by atoms with van der Waals surface area (Å²) in [5.41, 5.74) is 3.33. The van der Waals surface area contributed by atoms with Gasteiger partial charge in [0.25, 0.3) is 5.91 Å². The topological polar surface area (TPSA) is 40.6 Å². The highest BCUT2D eigenvalue weighted by atomic mass is 16.2. The first kappa shape index (κ1) is 15.4. The summed E-state index contributed by atoms with van der Waals surface area (Å²) < 4.78 is 0. The van der Waals surface area contributed by atoms with Crippen LogP contribution in [0.15, 0.2) is 35.9 Å². The molecule has 1 aromatic rings. The molecule has 24 heavy (non-hydrogen) atoms. The van der Waals surface area contributed by atoms with Crippen molar-refractivity contribution in [3.05, 3.63) is 47.0 Å². The van der Waals surface area contributed by atoms with Gasteiger partial charge in [0.1, 0.15) is 0 Å². The third-order valence-corrected chi connectivity index (χ3v) is 5.77. The van der Waals surface area contributed by atoms with Crippen molar-refractivity contribution in [2.24, 2.45) is 11.8 Å². The highest BCUT2D eigenvalue weighted by Crippen LogP contribution is 2.35. The van der Waals surface area contributed by atoms with Crippen molar-refractivity contribution in [2.75, 3.05) is 19.6 Å². The molecule has 4 rings (SSSR count). The number of allylic oxidation sites excluding steroid dienone is 2. The summed E-state index contributed by atoms with van der Waals surface area (Å²) in [6.45, 7) is 5.13. The van der Waals surface area contributed by atoms with Gasteiger partial charge in [0.15, 0.2) is 0 Å². The Morgan fingerprint density at radius 1 is 1.21 bits per heavy atom. The summed E-state index contributed by atoms with van der Waals surface area (Å²) in [6.07, 6.45) is 5.01. The van der Waals surface area contributed by atoms with Gasteiger partial charge >= 0.3 is 0 Å². The molecule has 1 fully saturated rings. The van der Waals surface area contributed by atoms with Crippen LogP contribution in [0, 0.1) is 11.8 Å². The zero-order valence-corrected chi connectivity index (χ0v) is 14.2. The maximum Gasteiger partial charge on any atom is 0.254 e. The fourth-order valence-corrected chi connectivity index (χ4v) is 4.37. The first-order valence-electron chi connectivity index (χ1n) is 8.92. The van der Waals surface area contributed by atoms with Gasteiger partial charge in [0.05, 0.1) is 0 Å². The second-order valence-electron chi connectivity index (χ2n) is 7.44. The lowest BCUT2D eigenvalue weighted by atomic mass is 9.83. The number of hydrogen-bond donors (Lipinski definition) is 0. The molecule has 3 aliphatic rings. The van der Waals surface area contributed by atoms with Gasteiger partial charge in [-0.1, -0.05) is 29.8 Å². The van der Waals surface area contributed by atoms with Crippen LogP contribution < -0.4 is 0 Å². The van der Waals surface area contributed by atoms with Crippen LogP contribution in [0.5, 0.6) is 0 Å². The van der Waals surface area contributed by atoms with Crippen molar-refractivity contribution < 1.29 is 9.59 Å². The van der Waals surface area contributed by atoms with Crippen molar-refractivity contribution in [3.63, 3.8) is 0 Å². The minimum Gasteiger partial charge on any atom is -0.342 e. The van der Waals surface area contributed by atoms with E-state index in [1.165, 1.54) is 5.57 Å². The SMILES string of the molecule is CC1=CC[C@@H]2CN(C(=O)CCN3Cc4ccccc4C3=O)C[C@@H]2C1. The van der Waals surface area contributed by atoms with Gasteiger partial charge in [-0.15, -0.1) is 0 Å². The Morgan fingerprint density at radius 3 is 2.83 bits per heavy atom. The van der Waals surface area contributed by atoms with E-state index in [1.807, 2.05) is 29.2 Å². The van der Waals surface area contributed by atoms with Crippen LogP contribution in [0.4, 0.5) is 0 Å². The molecule has 2 aliphatic heterocycles. The van der Waals surface area contributed by atoms with E-state index >= 15 is 0 Å². The first-order chi connectivity index (χ1) is 11.6. The molecule has 1 aliphatic carbocycles. The lowest BCUT2D eigenvalue weighted by Gasteiger charge is -2.21. The van der Waals surface area contributed by atoms with E-state index in [0.717, 1.165) is 37.1 Å². The quantitative estimate of drug-likeness (QED) is 0.802. The molecule has 0 radical (unpaired) electrons. The average Bonchev–Trinajstić information content (AvgIpc) is 3.14. The number of benzene rings is 1. The molecule has 2 atom stereocenters. The van der Waals surface area contributed by atoms with Gasteiger partial charge in [0.2, 0.25) is 5.91 Å². The predicted molar refractivity (Wildman–Crippen MR) is 92.4 cm³/mol. The van der Waals surface area contributed by atoms with Crippen LogP contribution in [0.3, 0.4) is 0 Å². The molecule has 2 amide bonds. The molecule has 126 valence electrons. The Morgan fingerprint density at radius 2 is 2.00 bits per heavy atom. The molecule has 0 N–H and O–H groups in total. The van der Waals surface area contributed by atoms with Crippen LogP contribution in [0.25, 0.3) is 0 Å². The third-order valence-electron chi connectivity index (χ3n) is 5.77. The summed E-state index contributed by atoms with van der Waals surface area (Å²) in [5, 5.41) is 0. The van der Waals surface area contributed by atoms with Crippen LogP contribution in [-0.4, -0.2) is 41.2 Å². The number of carbonyl (C=O) groups excluding carboxylic acids is 2. The van der Waals surface area contributed by atoms with Crippen molar-refractivity contribution in [1.29, 1.82) is 0 Å². The third kappa shape index (κ3) is 2.74. The molecule has 1 aromatic carbocycles. The van der Waals surface area contributed by atoms with Crippen LogP contribution in [-0.2, 0) is 11.3 Å². The molecular weight excluding hydrogens is 300 g/mol. The highest BCUT2D eigenvalue weighted by molar-refractivity contribution is 5.98. The maximum absolute atomic E-state index is 12.6. The van der Waals surface area contributed by atoms with E-state index in [9.17, 15) is 9.59 Å². The standard InChI is InChI=1S/C20H24N2O2/c1-14-6-7-15-11-22(13-17(15)10-14)19(23)8-9-21-12-16-4-2-3-5-18(16)20(21)24/h2-6,15,17H,7-13H2,1H3/t15-,17+/m1/s1. The molecule has 4 nitrogen and oxygen atoms in total. The molecule has 4 heteroatoms. The van der Waals surface area contributed by atoms with Gasteiger partial charge in [-0.05, 0) is 43.2 Å². The van der Waals surface area contributed by atoms with E-state index in [1.54, 1.807) is 4.90 Å². The Labute approximate surface area is 143 Å². The number of nitrogens with zero attached hydrogens (tertiary/aromatic N) is 2. The Hall–Kier alpha value is -2.10. The van der Waals surface area contributed by atoms with Gasteiger partial charge in [-0.2, -0.15) is 0 Å². The number of hydrogen-bond acceptors (Lipinski definition) is 2. The zero-order valence-electron chi connectivity index (χ0n) is 14.2. The molecule has 2 heterocycles. The fraction of sp³-hybridized carbons (Fsp3) is 0.500. The minimum absolute atomic E-state index is 0.0633. The van der Waals surface area contributed by atoms with Crippen LogP contribution >= 0.6 is 0 Å². The monoisotopic (exact) mass is 324 g/mol. The second kappa shape index (κ2) is 6.08. The number of rotatable bonds is 3.